The van der Waals surface area contributed by atoms with Gasteiger partial charge in [-0.1, -0.05) is 36.4 Å². The van der Waals surface area contributed by atoms with E-state index in [2.05, 4.69) is 5.32 Å². The summed E-state index contributed by atoms with van der Waals surface area (Å²) in [7, 11) is 1.66. The van der Waals surface area contributed by atoms with Gasteiger partial charge in [0.15, 0.2) is 0 Å². The van der Waals surface area contributed by atoms with Crippen LogP contribution in [-0.2, 0) is 0 Å². The summed E-state index contributed by atoms with van der Waals surface area (Å²) in [6, 6.07) is 22.4. The third kappa shape index (κ3) is 3.18. The number of halogens is 1. The molecule has 0 amide bonds. The van der Waals surface area contributed by atoms with Gasteiger partial charge in [0.25, 0.3) is 0 Å². The molecule has 1 aliphatic heterocycles. The molecule has 1 aliphatic rings. The topological polar surface area (TPSA) is 33.6 Å². The van der Waals surface area contributed by atoms with Crippen molar-refractivity contribution in [2.24, 2.45) is 4.99 Å². The van der Waals surface area contributed by atoms with E-state index in [-0.39, 0.29) is 11.9 Å². The second-order valence-electron chi connectivity index (χ2n) is 6.23. The number of rotatable bonds is 3. The summed E-state index contributed by atoms with van der Waals surface area (Å²) in [5.74, 6) is 0.543. The van der Waals surface area contributed by atoms with Gasteiger partial charge in [0.05, 0.1) is 30.2 Å². The highest BCUT2D eigenvalue weighted by atomic mass is 19.1. The fourth-order valence-electron chi connectivity index (χ4n) is 3.29. The largest absolute Gasteiger partial charge is 0.496 e. The molecule has 0 bridgehead atoms. The van der Waals surface area contributed by atoms with Crippen molar-refractivity contribution in [3.63, 3.8) is 0 Å². The third-order valence-corrected chi connectivity index (χ3v) is 4.56. The van der Waals surface area contributed by atoms with Crippen molar-refractivity contribution in [2.75, 3.05) is 12.4 Å². The van der Waals surface area contributed by atoms with Gasteiger partial charge in [-0.3, -0.25) is 4.99 Å². The first-order valence-corrected chi connectivity index (χ1v) is 8.56. The van der Waals surface area contributed by atoms with Gasteiger partial charge in [0.2, 0.25) is 0 Å². The van der Waals surface area contributed by atoms with Crippen LogP contribution in [0.25, 0.3) is 0 Å². The van der Waals surface area contributed by atoms with Crippen molar-refractivity contribution in [2.45, 2.75) is 12.5 Å². The van der Waals surface area contributed by atoms with Gasteiger partial charge in [-0.25, -0.2) is 4.39 Å². The maximum atomic E-state index is 13.8. The lowest BCUT2D eigenvalue weighted by Gasteiger charge is -2.20. The number of aliphatic imine (C=N–C) groups is 1. The standard InChI is InChI=1S/C22H19FN2O/c1-26-22-12-5-2-9-17(22)21-14-20(15-7-6-8-16(23)13-15)24-18-10-3-4-11-19(18)25-21/h2-13,20,24H,14H2,1H3/t20-/m0/s1. The molecule has 3 aromatic carbocycles. The first-order valence-electron chi connectivity index (χ1n) is 8.56. The molecule has 1 N–H and O–H groups in total. The van der Waals surface area contributed by atoms with Crippen molar-refractivity contribution in [3.8, 4) is 5.75 Å². The third-order valence-electron chi connectivity index (χ3n) is 4.56. The van der Waals surface area contributed by atoms with E-state index in [9.17, 15) is 4.39 Å². The second kappa shape index (κ2) is 7.00. The van der Waals surface area contributed by atoms with Crippen LogP contribution in [0, 0.1) is 5.82 Å². The SMILES string of the molecule is COc1ccccc1C1=Nc2ccccc2N[C@H](c2cccc(F)c2)C1. The van der Waals surface area contributed by atoms with Gasteiger partial charge in [-0.15, -0.1) is 0 Å². The van der Waals surface area contributed by atoms with Crippen molar-refractivity contribution in [3.05, 3.63) is 89.7 Å². The molecule has 3 nitrogen and oxygen atoms in total. The van der Waals surface area contributed by atoms with E-state index in [0.717, 1.165) is 34.0 Å². The monoisotopic (exact) mass is 346 g/mol. The van der Waals surface area contributed by atoms with Crippen LogP contribution >= 0.6 is 0 Å². The Bertz CT molecular complexity index is 968. The van der Waals surface area contributed by atoms with E-state index < -0.39 is 0 Å². The Kier molecular flexibility index (Phi) is 4.40. The zero-order valence-electron chi connectivity index (χ0n) is 14.4. The molecular weight excluding hydrogens is 327 g/mol. The molecule has 3 aromatic rings. The summed E-state index contributed by atoms with van der Waals surface area (Å²) >= 11 is 0. The van der Waals surface area contributed by atoms with Crippen LogP contribution in [0.15, 0.2) is 77.8 Å². The van der Waals surface area contributed by atoms with Crippen LogP contribution in [0.2, 0.25) is 0 Å². The fourth-order valence-corrected chi connectivity index (χ4v) is 3.29. The summed E-state index contributed by atoms with van der Waals surface area (Å²) in [6.07, 6.45) is 0.624. The van der Waals surface area contributed by atoms with Crippen LogP contribution < -0.4 is 10.1 Å². The van der Waals surface area contributed by atoms with Crippen LogP contribution in [0.5, 0.6) is 5.75 Å². The molecule has 0 saturated heterocycles. The molecule has 0 saturated carbocycles. The van der Waals surface area contributed by atoms with E-state index in [1.807, 2.05) is 54.6 Å². The quantitative estimate of drug-likeness (QED) is 0.678. The second-order valence-corrected chi connectivity index (χ2v) is 6.23. The van der Waals surface area contributed by atoms with Gasteiger partial charge in [0, 0.05) is 12.0 Å². The van der Waals surface area contributed by atoms with Gasteiger partial charge in [-0.05, 0) is 42.0 Å². The summed E-state index contributed by atoms with van der Waals surface area (Å²) in [4.78, 5) is 4.90. The average molecular weight is 346 g/mol. The predicted molar refractivity (Wildman–Crippen MR) is 103 cm³/mol. The minimum atomic E-state index is -0.238. The number of methoxy groups -OCH3 is 1. The lowest BCUT2D eigenvalue weighted by molar-refractivity contribution is 0.414. The van der Waals surface area contributed by atoms with Crippen molar-refractivity contribution in [1.82, 2.24) is 0 Å². The van der Waals surface area contributed by atoms with E-state index in [0.29, 0.717) is 6.42 Å². The Balaban J connectivity index is 1.83. The molecule has 0 unspecified atom stereocenters. The maximum Gasteiger partial charge on any atom is 0.127 e. The number of nitrogens with one attached hydrogen (secondary N) is 1. The van der Waals surface area contributed by atoms with Crippen molar-refractivity contribution in [1.29, 1.82) is 0 Å². The van der Waals surface area contributed by atoms with Crippen LogP contribution in [0.1, 0.15) is 23.6 Å². The molecule has 1 atom stereocenters. The molecular formula is C22H19FN2O. The Labute approximate surface area is 152 Å². The number of nitrogens with zero attached hydrogens (tertiary/aromatic N) is 1. The molecule has 0 aromatic heterocycles. The Morgan fingerprint density at radius 2 is 1.81 bits per heavy atom. The predicted octanol–water partition coefficient (Wildman–Crippen LogP) is 5.51. The highest BCUT2D eigenvalue weighted by Crippen LogP contribution is 2.36. The number of fused-ring (bicyclic) bond motifs is 1. The lowest BCUT2D eigenvalue weighted by atomic mass is 9.96. The minimum absolute atomic E-state index is 0.0852. The number of hydrogen-bond acceptors (Lipinski definition) is 3. The molecule has 130 valence electrons. The van der Waals surface area contributed by atoms with Crippen molar-refractivity contribution >= 4 is 17.1 Å². The van der Waals surface area contributed by atoms with Crippen LogP contribution in [0.4, 0.5) is 15.8 Å². The van der Waals surface area contributed by atoms with Gasteiger partial charge in [-0.2, -0.15) is 0 Å². The Hall–Kier alpha value is -3.14. The number of anilines is 1. The van der Waals surface area contributed by atoms with Crippen molar-refractivity contribution < 1.29 is 9.13 Å². The maximum absolute atomic E-state index is 13.8. The van der Waals surface area contributed by atoms with Gasteiger partial charge in [0.1, 0.15) is 11.6 Å². The first-order chi connectivity index (χ1) is 12.7. The summed E-state index contributed by atoms with van der Waals surface area (Å²) in [5, 5.41) is 3.52. The number of hydrogen-bond donors (Lipinski definition) is 1. The Morgan fingerprint density at radius 1 is 1.00 bits per heavy atom. The van der Waals surface area contributed by atoms with E-state index in [1.165, 1.54) is 6.07 Å². The zero-order valence-corrected chi connectivity index (χ0v) is 14.4. The molecule has 1 heterocycles. The minimum Gasteiger partial charge on any atom is -0.496 e. The smallest absolute Gasteiger partial charge is 0.127 e. The highest BCUT2D eigenvalue weighted by molar-refractivity contribution is 6.06. The average Bonchev–Trinajstić information content (AvgIpc) is 2.87. The number of ether oxygens (including phenoxy) is 1. The van der Waals surface area contributed by atoms with Gasteiger partial charge < -0.3 is 10.1 Å². The van der Waals surface area contributed by atoms with Gasteiger partial charge >= 0.3 is 0 Å². The molecule has 0 fully saturated rings. The molecule has 0 spiro atoms. The number of para-hydroxylation sites is 3. The molecule has 0 radical (unpaired) electrons. The van der Waals surface area contributed by atoms with E-state index in [4.69, 9.17) is 9.73 Å². The highest BCUT2D eigenvalue weighted by Gasteiger charge is 2.22. The molecule has 4 rings (SSSR count). The van der Waals surface area contributed by atoms with Crippen LogP contribution in [-0.4, -0.2) is 12.8 Å². The summed E-state index contributed by atoms with van der Waals surface area (Å²) in [5.41, 5.74) is 4.56. The summed E-state index contributed by atoms with van der Waals surface area (Å²) < 4.78 is 19.3. The van der Waals surface area contributed by atoms with E-state index in [1.54, 1.807) is 19.2 Å². The number of benzene rings is 3. The normalized spacial score (nSPS) is 16.1. The van der Waals surface area contributed by atoms with E-state index >= 15 is 0 Å². The fraction of sp³-hybridized carbons (Fsp3) is 0.136. The van der Waals surface area contributed by atoms with Crippen LogP contribution in [0.3, 0.4) is 0 Å². The zero-order chi connectivity index (χ0) is 17.9. The Morgan fingerprint density at radius 3 is 2.65 bits per heavy atom. The molecule has 0 aliphatic carbocycles. The summed E-state index contributed by atoms with van der Waals surface area (Å²) in [6.45, 7) is 0. The molecule has 4 heteroatoms. The lowest BCUT2D eigenvalue weighted by Crippen LogP contribution is -2.15. The first kappa shape index (κ1) is 16.3. The molecule has 26 heavy (non-hydrogen) atoms.